The highest BCUT2D eigenvalue weighted by Crippen LogP contribution is 2.29. The molecule has 4 nitrogen and oxygen atoms in total. The molecule has 28 heavy (non-hydrogen) atoms. The fraction of sp³-hybridized carbons (Fsp3) is 0.261. The van der Waals surface area contributed by atoms with Crippen LogP contribution in [0, 0.1) is 0 Å². The molecular weight excluding hydrogens is 370 g/mol. The predicted molar refractivity (Wildman–Crippen MR) is 116 cm³/mol. The number of para-hydroxylation sites is 1. The van der Waals surface area contributed by atoms with Crippen LogP contribution in [0.15, 0.2) is 72.7 Å². The van der Waals surface area contributed by atoms with Crippen molar-refractivity contribution in [1.29, 1.82) is 0 Å². The molecule has 5 heteroatoms. The summed E-state index contributed by atoms with van der Waals surface area (Å²) in [6.45, 7) is 4.36. The number of nitrogens with zero attached hydrogens (tertiary/aromatic N) is 1. The smallest absolute Gasteiger partial charge is 0.264 e. The van der Waals surface area contributed by atoms with Crippen LogP contribution >= 0.6 is 11.8 Å². The van der Waals surface area contributed by atoms with E-state index < -0.39 is 0 Å². The molecule has 1 atom stereocenters. The van der Waals surface area contributed by atoms with Crippen molar-refractivity contribution >= 4 is 23.4 Å². The van der Waals surface area contributed by atoms with Crippen LogP contribution < -0.4 is 14.4 Å². The van der Waals surface area contributed by atoms with Gasteiger partial charge in [0, 0.05) is 17.5 Å². The van der Waals surface area contributed by atoms with E-state index in [4.69, 9.17) is 9.47 Å². The lowest BCUT2D eigenvalue weighted by molar-refractivity contribution is -0.120. The molecule has 3 rings (SSSR count). The Morgan fingerprint density at radius 2 is 2.07 bits per heavy atom. The third-order valence-electron chi connectivity index (χ3n) is 4.48. The predicted octanol–water partition coefficient (Wildman–Crippen LogP) is 4.85. The van der Waals surface area contributed by atoms with E-state index in [1.165, 1.54) is 0 Å². The Labute approximate surface area is 170 Å². The molecule has 0 spiro atoms. The van der Waals surface area contributed by atoms with Crippen molar-refractivity contribution in [3.63, 3.8) is 0 Å². The lowest BCUT2D eigenvalue weighted by Crippen LogP contribution is -2.39. The van der Waals surface area contributed by atoms with Crippen molar-refractivity contribution in [2.24, 2.45) is 0 Å². The first kappa shape index (κ1) is 20.1. The van der Waals surface area contributed by atoms with Crippen molar-refractivity contribution < 1.29 is 14.3 Å². The fourth-order valence-corrected chi connectivity index (χ4v) is 3.95. The van der Waals surface area contributed by atoms with E-state index in [0.29, 0.717) is 23.3 Å². The third-order valence-corrected chi connectivity index (χ3v) is 5.56. The number of rotatable bonds is 9. The zero-order valence-electron chi connectivity index (χ0n) is 16.0. The Balaban J connectivity index is 1.70. The van der Waals surface area contributed by atoms with Gasteiger partial charge in [0.05, 0.1) is 7.11 Å². The van der Waals surface area contributed by atoms with E-state index in [-0.39, 0.29) is 12.5 Å². The molecule has 0 aromatic heterocycles. The molecule has 2 aromatic carbocycles. The van der Waals surface area contributed by atoms with Crippen molar-refractivity contribution in [2.75, 3.05) is 25.2 Å². The minimum atomic E-state index is -0.0732. The lowest BCUT2D eigenvalue weighted by atomic mass is 10.1. The summed E-state index contributed by atoms with van der Waals surface area (Å²) in [5, 5.41) is 2.47. The summed E-state index contributed by atoms with van der Waals surface area (Å²) >= 11 is 1.77. The Hall–Kier alpha value is -2.66. The number of ether oxygens (including phenoxy) is 2. The zero-order chi connectivity index (χ0) is 19.8. The maximum Gasteiger partial charge on any atom is 0.264 e. The van der Waals surface area contributed by atoms with Gasteiger partial charge in [-0.15, -0.1) is 18.3 Å². The molecule has 1 aliphatic heterocycles. The summed E-state index contributed by atoms with van der Waals surface area (Å²) in [5.74, 6) is 1.11. The highest BCUT2D eigenvalue weighted by Gasteiger charge is 2.22. The Morgan fingerprint density at radius 3 is 2.75 bits per heavy atom. The number of carbonyl (C=O) groups is 1. The van der Waals surface area contributed by atoms with Crippen LogP contribution in [0.25, 0.3) is 0 Å². The van der Waals surface area contributed by atoms with Crippen LogP contribution in [0.5, 0.6) is 11.5 Å². The average Bonchev–Trinajstić information content (AvgIpc) is 3.25. The highest BCUT2D eigenvalue weighted by atomic mass is 32.2. The van der Waals surface area contributed by atoms with Crippen LogP contribution in [-0.4, -0.2) is 31.4 Å². The molecule has 1 amide bonds. The third kappa shape index (κ3) is 5.20. The minimum Gasteiger partial charge on any atom is -0.493 e. The van der Waals surface area contributed by atoms with Crippen LogP contribution in [0.2, 0.25) is 0 Å². The lowest BCUT2D eigenvalue weighted by Gasteiger charge is -2.25. The molecule has 0 aliphatic carbocycles. The molecule has 0 saturated heterocycles. The summed E-state index contributed by atoms with van der Waals surface area (Å²) in [5.41, 5.74) is 1.97. The van der Waals surface area contributed by atoms with Gasteiger partial charge < -0.3 is 14.4 Å². The Morgan fingerprint density at radius 1 is 1.25 bits per heavy atom. The number of amides is 1. The summed E-state index contributed by atoms with van der Waals surface area (Å²) in [6.07, 6.45) is 5.72. The number of carbonyl (C=O) groups excluding carboxylic acids is 1. The monoisotopic (exact) mass is 395 g/mol. The molecule has 0 bridgehead atoms. The number of hydrogen-bond acceptors (Lipinski definition) is 4. The molecule has 0 radical (unpaired) electrons. The van der Waals surface area contributed by atoms with Gasteiger partial charge in [-0.05, 0) is 48.1 Å². The molecule has 1 unspecified atom stereocenters. The average molecular weight is 396 g/mol. The summed E-state index contributed by atoms with van der Waals surface area (Å²) in [7, 11) is 1.60. The maximum atomic E-state index is 13.0. The number of hydrogen-bond donors (Lipinski definition) is 0. The van der Waals surface area contributed by atoms with Gasteiger partial charge in [-0.3, -0.25) is 4.79 Å². The molecule has 0 saturated carbocycles. The SMILES string of the molecule is C=CCc1ccc(OCC(=O)N(CC2CC=CS2)c2ccccc2)c(OC)c1. The first-order valence-corrected chi connectivity index (χ1v) is 10.2. The second kappa shape index (κ2) is 10.0. The fourth-order valence-electron chi connectivity index (χ4n) is 3.05. The first-order chi connectivity index (χ1) is 13.7. The van der Waals surface area contributed by atoms with Gasteiger partial charge in [0.15, 0.2) is 18.1 Å². The van der Waals surface area contributed by atoms with Crippen LogP contribution in [0.3, 0.4) is 0 Å². The van der Waals surface area contributed by atoms with Crippen molar-refractivity contribution in [3.05, 3.63) is 78.2 Å². The molecule has 2 aromatic rings. The maximum absolute atomic E-state index is 13.0. The molecular formula is C23H25NO3S. The summed E-state index contributed by atoms with van der Waals surface area (Å²) in [4.78, 5) is 14.8. The van der Waals surface area contributed by atoms with Gasteiger partial charge in [-0.25, -0.2) is 0 Å². The first-order valence-electron chi connectivity index (χ1n) is 9.27. The zero-order valence-corrected chi connectivity index (χ0v) is 16.9. The highest BCUT2D eigenvalue weighted by molar-refractivity contribution is 8.03. The second-order valence-corrected chi connectivity index (χ2v) is 7.68. The summed E-state index contributed by atoms with van der Waals surface area (Å²) in [6, 6.07) is 15.5. The standard InChI is InChI=1S/C23H25NO3S/c1-3-8-18-12-13-21(22(15-18)26-2)27-17-23(25)24(16-20-11-7-14-28-20)19-9-5-4-6-10-19/h3-7,9-10,12-15,20H,1,8,11,16-17H2,2H3. The molecule has 0 N–H and O–H groups in total. The van der Waals surface area contributed by atoms with E-state index in [2.05, 4.69) is 18.1 Å². The van der Waals surface area contributed by atoms with Crippen molar-refractivity contribution in [2.45, 2.75) is 18.1 Å². The minimum absolute atomic E-state index is 0.0448. The summed E-state index contributed by atoms with van der Waals surface area (Å²) < 4.78 is 11.2. The van der Waals surface area contributed by atoms with Gasteiger partial charge in [0.25, 0.3) is 5.91 Å². The second-order valence-electron chi connectivity index (χ2n) is 6.47. The van der Waals surface area contributed by atoms with Crippen LogP contribution in [0.1, 0.15) is 12.0 Å². The van der Waals surface area contributed by atoms with E-state index in [9.17, 15) is 4.79 Å². The van der Waals surface area contributed by atoms with Crippen molar-refractivity contribution in [3.8, 4) is 11.5 Å². The largest absolute Gasteiger partial charge is 0.493 e. The van der Waals surface area contributed by atoms with E-state index in [1.807, 2.05) is 59.5 Å². The van der Waals surface area contributed by atoms with E-state index in [1.54, 1.807) is 18.9 Å². The topological polar surface area (TPSA) is 38.8 Å². The van der Waals surface area contributed by atoms with E-state index in [0.717, 1.165) is 24.1 Å². The number of benzene rings is 2. The Kier molecular flexibility index (Phi) is 7.20. The number of anilines is 1. The van der Waals surface area contributed by atoms with Gasteiger partial charge >= 0.3 is 0 Å². The number of methoxy groups -OCH3 is 1. The van der Waals surface area contributed by atoms with Crippen molar-refractivity contribution in [1.82, 2.24) is 0 Å². The normalized spacial score (nSPS) is 15.2. The molecule has 0 fully saturated rings. The Bertz CT molecular complexity index is 827. The molecule has 1 heterocycles. The van der Waals surface area contributed by atoms with Gasteiger partial charge in [-0.1, -0.05) is 36.4 Å². The van der Waals surface area contributed by atoms with Gasteiger partial charge in [0.2, 0.25) is 0 Å². The van der Waals surface area contributed by atoms with Gasteiger partial charge in [0.1, 0.15) is 0 Å². The van der Waals surface area contributed by atoms with Crippen LogP contribution in [0.4, 0.5) is 5.69 Å². The van der Waals surface area contributed by atoms with Gasteiger partial charge in [-0.2, -0.15) is 0 Å². The number of thioether (sulfide) groups is 1. The quantitative estimate of drug-likeness (QED) is 0.569. The molecule has 146 valence electrons. The van der Waals surface area contributed by atoms with Crippen LogP contribution in [-0.2, 0) is 11.2 Å². The number of allylic oxidation sites excluding steroid dienone is 2. The molecule has 1 aliphatic rings. The van der Waals surface area contributed by atoms with E-state index >= 15 is 0 Å².